The van der Waals surface area contributed by atoms with E-state index in [-0.39, 0.29) is 10.0 Å². The number of hydrogen-bond acceptors (Lipinski definition) is 1. The predicted molar refractivity (Wildman–Crippen MR) is 76.0 cm³/mol. The minimum atomic E-state index is -0.822. The molecule has 1 unspecified atom stereocenters. The lowest BCUT2D eigenvalue weighted by Gasteiger charge is -2.18. The Labute approximate surface area is 119 Å². The van der Waals surface area contributed by atoms with Gasteiger partial charge in [-0.2, -0.15) is 0 Å². The molecule has 0 saturated heterocycles. The predicted octanol–water partition coefficient (Wildman–Crippen LogP) is 4.39. The zero-order valence-corrected chi connectivity index (χ0v) is 12.3. The molecule has 0 fully saturated rings. The molecular weight excluding hydrogens is 312 g/mol. The summed E-state index contributed by atoms with van der Waals surface area (Å²) in [5.74, 6) is -1.28. The molecule has 1 atom stereocenters. The van der Waals surface area contributed by atoms with Crippen LogP contribution in [0.1, 0.15) is 28.3 Å². The van der Waals surface area contributed by atoms with Crippen molar-refractivity contribution in [3.63, 3.8) is 0 Å². The smallest absolute Gasteiger partial charge is 0.145 e. The molecule has 0 aliphatic rings. The average molecular weight is 326 g/mol. The first-order valence-corrected chi connectivity index (χ1v) is 6.67. The van der Waals surface area contributed by atoms with Crippen LogP contribution in [0.4, 0.5) is 8.78 Å². The summed E-state index contributed by atoms with van der Waals surface area (Å²) < 4.78 is 28.1. The molecule has 100 valence electrons. The quantitative estimate of drug-likeness (QED) is 0.814. The third-order valence-electron chi connectivity index (χ3n) is 3.16. The molecule has 0 bridgehead atoms. The molecule has 4 heteroatoms. The second kappa shape index (κ2) is 5.39. The summed E-state index contributed by atoms with van der Waals surface area (Å²) >= 11 is 3.06. The maximum Gasteiger partial charge on any atom is 0.145 e. The second-order valence-electron chi connectivity index (χ2n) is 4.59. The SMILES string of the molecule is Cc1ccc(C)c(C(N)c2c(F)ccc(Br)c2F)c1. The molecule has 2 aromatic carbocycles. The Morgan fingerprint density at radius 2 is 1.79 bits per heavy atom. The number of nitrogens with two attached hydrogens (primary N) is 1. The van der Waals surface area contributed by atoms with Gasteiger partial charge in [-0.05, 0) is 53.0 Å². The lowest BCUT2D eigenvalue weighted by atomic mass is 9.93. The van der Waals surface area contributed by atoms with Crippen LogP contribution in [0, 0.1) is 25.5 Å². The van der Waals surface area contributed by atoms with Crippen LogP contribution in [0.25, 0.3) is 0 Å². The van der Waals surface area contributed by atoms with Crippen molar-refractivity contribution in [3.05, 3.63) is 68.7 Å². The van der Waals surface area contributed by atoms with Crippen LogP contribution in [-0.4, -0.2) is 0 Å². The third kappa shape index (κ3) is 2.69. The highest BCUT2D eigenvalue weighted by molar-refractivity contribution is 9.10. The Morgan fingerprint density at radius 1 is 1.11 bits per heavy atom. The number of rotatable bonds is 2. The topological polar surface area (TPSA) is 26.0 Å². The van der Waals surface area contributed by atoms with Crippen molar-refractivity contribution >= 4 is 15.9 Å². The van der Waals surface area contributed by atoms with Gasteiger partial charge in [0.1, 0.15) is 11.6 Å². The van der Waals surface area contributed by atoms with E-state index in [0.717, 1.165) is 16.7 Å². The lowest BCUT2D eigenvalue weighted by Crippen LogP contribution is -2.17. The molecule has 0 saturated carbocycles. The van der Waals surface area contributed by atoms with Crippen molar-refractivity contribution in [2.75, 3.05) is 0 Å². The molecule has 19 heavy (non-hydrogen) atoms. The molecule has 0 amide bonds. The number of hydrogen-bond donors (Lipinski definition) is 1. The molecular formula is C15H14BrF2N. The summed E-state index contributed by atoms with van der Waals surface area (Å²) in [7, 11) is 0. The van der Waals surface area contributed by atoms with Crippen LogP contribution in [0.15, 0.2) is 34.8 Å². The summed E-state index contributed by atoms with van der Waals surface area (Å²) in [5.41, 5.74) is 8.60. The van der Waals surface area contributed by atoms with Crippen molar-refractivity contribution in [2.45, 2.75) is 19.9 Å². The Hall–Kier alpha value is -1.26. The zero-order valence-electron chi connectivity index (χ0n) is 10.7. The van der Waals surface area contributed by atoms with Gasteiger partial charge >= 0.3 is 0 Å². The molecule has 2 rings (SSSR count). The summed E-state index contributed by atoms with van der Waals surface area (Å²) in [6, 6.07) is 7.44. The molecule has 0 radical (unpaired) electrons. The van der Waals surface area contributed by atoms with Gasteiger partial charge in [-0.1, -0.05) is 23.8 Å². The lowest BCUT2D eigenvalue weighted by molar-refractivity contribution is 0.539. The fourth-order valence-electron chi connectivity index (χ4n) is 2.08. The third-order valence-corrected chi connectivity index (χ3v) is 3.77. The van der Waals surface area contributed by atoms with Crippen LogP contribution >= 0.6 is 15.9 Å². The summed E-state index contributed by atoms with van der Waals surface area (Å²) in [5, 5.41) is 0. The van der Waals surface area contributed by atoms with E-state index in [9.17, 15) is 8.78 Å². The molecule has 0 aromatic heterocycles. The maximum atomic E-state index is 14.1. The average Bonchev–Trinajstić information content (AvgIpc) is 2.37. The van der Waals surface area contributed by atoms with Gasteiger partial charge in [0, 0.05) is 5.56 Å². The first kappa shape index (κ1) is 14.2. The Morgan fingerprint density at radius 3 is 2.47 bits per heavy atom. The van der Waals surface area contributed by atoms with Gasteiger partial charge in [0.2, 0.25) is 0 Å². The monoisotopic (exact) mass is 325 g/mol. The molecule has 0 aliphatic heterocycles. The van der Waals surface area contributed by atoms with E-state index in [1.54, 1.807) is 0 Å². The fraction of sp³-hybridized carbons (Fsp3) is 0.200. The van der Waals surface area contributed by atoms with Gasteiger partial charge in [0.15, 0.2) is 0 Å². The van der Waals surface area contributed by atoms with Crippen molar-refractivity contribution < 1.29 is 8.78 Å². The summed E-state index contributed by atoms with van der Waals surface area (Å²) in [6.45, 7) is 3.80. The molecule has 2 aromatic rings. The molecule has 0 spiro atoms. The minimum absolute atomic E-state index is 0.108. The standard InChI is InChI=1S/C15H14BrF2N/c1-8-3-4-9(2)10(7-8)15(19)13-12(17)6-5-11(16)14(13)18/h3-7,15H,19H2,1-2H3. The second-order valence-corrected chi connectivity index (χ2v) is 5.45. The number of benzene rings is 2. The van der Waals surface area contributed by atoms with Gasteiger partial charge in [0.05, 0.1) is 10.5 Å². The van der Waals surface area contributed by atoms with Crippen molar-refractivity contribution in [1.82, 2.24) is 0 Å². The zero-order chi connectivity index (χ0) is 14.2. The van der Waals surface area contributed by atoms with E-state index >= 15 is 0 Å². The fourth-order valence-corrected chi connectivity index (χ4v) is 2.42. The van der Waals surface area contributed by atoms with Gasteiger partial charge in [-0.15, -0.1) is 0 Å². The molecule has 0 heterocycles. The van der Waals surface area contributed by atoms with E-state index < -0.39 is 17.7 Å². The number of halogens is 3. The molecule has 2 N–H and O–H groups in total. The maximum absolute atomic E-state index is 14.1. The van der Waals surface area contributed by atoms with E-state index in [1.165, 1.54) is 12.1 Å². The Balaban J connectivity index is 2.59. The number of aryl methyl sites for hydroxylation is 2. The van der Waals surface area contributed by atoms with Gasteiger partial charge in [-0.3, -0.25) is 0 Å². The largest absolute Gasteiger partial charge is 0.320 e. The minimum Gasteiger partial charge on any atom is -0.320 e. The van der Waals surface area contributed by atoms with E-state index in [4.69, 9.17) is 5.73 Å². The van der Waals surface area contributed by atoms with E-state index in [2.05, 4.69) is 15.9 Å². The highest BCUT2D eigenvalue weighted by atomic mass is 79.9. The van der Waals surface area contributed by atoms with Crippen LogP contribution < -0.4 is 5.73 Å². The van der Waals surface area contributed by atoms with E-state index in [0.29, 0.717) is 0 Å². The van der Waals surface area contributed by atoms with Gasteiger partial charge in [-0.25, -0.2) is 8.78 Å². The Bertz CT molecular complexity index is 626. The van der Waals surface area contributed by atoms with Crippen molar-refractivity contribution in [1.29, 1.82) is 0 Å². The summed E-state index contributed by atoms with van der Waals surface area (Å²) in [4.78, 5) is 0. The van der Waals surface area contributed by atoms with Gasteiger partial charge < -0.3 is 5.73 Å². The summed E-state index contributed by atoms with van der Waals surface area (Å²) in [6.07, 6.45) is 0. The van der Waals surface area contributed by atoms with Crippen molar-refractivity contribution in [3.8, 4) is 0 Å². The first-order chi connectivity index (χ1) is 8.91. The first-order valence-electron chi connectivity index (χ1n) is 5.88. The highest BCUT2D eigenvalue weighted by Gasteiger charge is 2.21. The van der Waals surface area contributed by atoms with Crippen LogP contribution in [0.5, 0.6) is 0 Å². The van der Waals surface area contributed by atoms with Crippen LogP contribution in [0.2, 0.25) is 0 Å². The highest BCUT2D eigenvalue weighted by Crippen LogP contribution is 2.30. The Kier molecular flexibility index (Phi) is 4.02. The van der Waals surface area contributed by atoms with E-state index in [1.807, 2.05) is 32.0 Å². The molecule has 1 nitrogen and oxygen atoms in total. The molecule has 0 aliphatic carbocycles. The normalized spacial score (nSPS) is 12.5. The van der Waals surface area contributed by atoms with Gasteiger partial charge in [0.25, 0.3) is 0 Å². The van der Waals surface area contributed by atoms with Crippen LogP contribution in [-0.2, 0) is 0 Å². The van der Waals surface area contributed by atoms with Crippen molar-refractivity contribution in [2.24, 2.45) is 5.73 Å². The van der Waals surface area contributed by atoms with Crippen LogP contribution in [0.3, 0.4) is 0 Å².